The average Bonchev–Trinajstić information content (AvgIpc) is 2.89. The van der Waals surface area contributed by atoms with Crippen LogP contribution in [0.1, 0.15) is 45.4 Å². The molecule has 2 rings (SSSR count). The Morgan fingerprint density at radius 1 is 1.37 bits per heavy atom. The van der Waals surface area contributed by atoms with Gasteiger partial charge in [-0.2, -0.15) is 0 Å². The first-order valence-corrected chi connectivity index (χ1v) is 7.32. The second-order valence-electron chi connectivity index (χ2n) is 5.75. The standard InChI is InChI=1S/C14H26N2O2.ClH/c1-11(15)12-6-8-16(9-7-12)14(17)5-4-13-3-2-10-18-13;/h11-13H,2-10,15H2,1H3;1H. The van der Waals surface area contributed by atoms with Gasteiger partial charge in [-0.25, -0.2) is 0 Å². The van der Waals surface area contributed by atoms with Crippen LogP contribution in [0, 0.1) is 5.92 Å². The lowest BCUT2D eigenvalue weighted by Crippen LogP contribution is -2.42. The highest BCUT2D eigenvalue weighted by molar-refractivity contribution is 5.85. The van der Waals surface area contributed by atoms with Crippen molar-refractivity contribution in [1.29, 1.82) is 0 Å². The van der Waals surface area contributed by atoms with Crippen LogP contribution >= 0.6 is 12.4 Å². The number of piperidine rings is 1. The Morgan fingerprint density at radius 2 is 2.05 bits per heavy atom. The minimum atomic E-state index is 0. The Labute approximate surface area is 122 Å². The van der Waals surface area contributed by atoms with E-state index in [1.807, 2.05) is 4.90 Å². The maximum absolute atomic E-state index is 12.1. The van der Waals surface area contributed by atoms with Gasteiger partial charge >= 0.3 is 0 Å². The van der Waals surface area contributed by atoms with Gasteiger partial charge in [-0.15, -0.1) is 12.4 Å². The number of likely N-dealkylation sites (tertiary alicyclic amines) is 1. The van der Waals surface area contributed by atoms with Crippen LogP contribution in [0.4, 0.5) is 0 Å². The largest absolute Gasteiger partial charge is 0.378 e. The third kappa shape index (κ3) is 4.93. The SMILES string of the molecule is CC(N)C1CCN(C(=O)CCC2CCCO2)CC1.Cl. The molecule has 2 N–H and O–H groups in total. The van der Waals surface area contributed by atoms with E-state index in [1.165, 1.54) is 0 Å². The molecule has 0 aliphatic carbocycles. The maximum atomic E-state index is 12.1. The number of amides is 1. The number of carbonyl (C=O) groups is 1. The van der Waals surface area contributed by atoms with Crippen molar-refractivity contribution < 1.29 is 9.53 Å². The first kappa shape index (κ1) is 16.7. The molecule has 1 amide bonds. The van der Waals surface area contributed by atoms with Crippen molar-refractivity contribution in [1.82, 2.24) is 4.90 Å². The van der Waals surface area contributed by atoms with Crippen LogP contribution in [0.25, 0.3) is 0 Å². The summed E-state index contributed by atoms with van der Waals surface area (Å²) in [5.74, 6) is 0.890. The van der Waals surface area contributed by atoms with Crippen molar-refractivity contribution in [2.45, 2.75) is 57.6 Å². The van der Waals surface area contributed by atoms with E-state index < -0.39 is 0 Å². The molecule has 112 valence electrons. The smallest absolute Gasteiger partial charge is 0.222 e. The number of nitrogens with two attached hydrogens (primary N) is 1. The second kappa shape index (κ2) is 8.08. The lowest BCUT2D eigenvalue weighted by Gasteiger charge is -2.34. The monoisotopic (exact) mass is 290 g/mol. The summed E-state index contributed by atoms with van der Waals surface area (Å²) in [7, 11) is 0. The summed E-state index contributed by atoms with van der Waals surface area (Å²) in [6.45, 7) is 4.71. The van der Waals surface area contributed by atoms with Crippen LogP contribution < -0.4 is 5.73 Å². The molecule has 0 bridgehead atoms. The Morgan fingerprint density at radius 3 is 2.58 bits per heavy atom. The zero-order valence-corrected chi connectivity index (χ0v) is 12.7. The van der Waals surface area contributed by atoms with Crippen molar-refractivity contribution in [2.24, 2.45) is 11.7 Å². The van der Waals surface area contributed by atoms with Gasteiger partial charge in [0.25, 0.3) is 0 Å². The molecule has 2 aliphatic rings. The molecule has 2 unspecified atom stereocenters. The third-order valence-electron chi connectivity index (χ3n) is 4.34. The zero-order valence-electron chi connectivity index (χ0n) is 11.8. The molecule has 0 spiro atoms. The van der Waals surface area contributed by atoms with E-state index >= 15 is 0 Å². The lowest BCUT2D eigenvalue weighted by molar-refractivity contribution is -0.133. The number of carbonyl (C=O) groups excluding carboxylic acids is 1. The highest BCUT2D eigenvalue weighted by Crippen LogP contribution is 2.22. The van der Waals surface area contributed by atoms with Gasteiger partial charge in [-0.3, -0.25) is 4.79 Å². The molecule has 19 heavy (non-hydrogen) atoms. The fourth-order valence-electron chi connectivity index (χ4n) is 2.99. The average molecular weight is 291 g/mol. The van der Waals surface area contributed by atoms with Gasteiger partial charge in [0.05, 0.1) is 6.10 Å². The molecule has 2 heterocycles. The van der Waals surface area contributed by atoms with E-state index in [1.54, 1.807) is 0 Å². The summed E-state index contributed by atoms with van der Waals surface area (Å²) < 4.78 is 5.55. The number of nitrogens with zero attached hydrogens (tertiary/aromatic N) is 1. The summed E-state index contributed by atoms with van der Waals surface area (Å²) in [4.78, 5) is 14.1. The van der Waals surface area contributed by atoms with E-state index in [9.17, 15) is 4.79 Å². The topological polar surface area (TPSA) is 55.6 Å². The van der Waals surface area contributed by atoms with Gasteiger partial charge in [0, 0.05) is 32.2 Å². The van der Waals surface area contributed by atoms with Gasteiger partial charge in [0.1, 0.15) is 0 Å². The third-order valence-corrected chi connectivity index (χ3v) is 4.34. The number of rotatable bonds is 4. The lowest BCUT2D eigenvalue weighted by atomic mass is 9.91. The van der Waals surface area contributed by atoms with Gasteiger partial charge in [0.2, 0.25) is 5.91 Å². The number of hydrogen-bond acceptors (Lipinski definition) is 3. The van der Waals surface area contributed by atoms with Crippen LogP contribution in [0.2, 0.25) is 0 Å². The molecule has 2 saturated heterocycles. The van der Waals surface area contributed by atoms with E-state index in [0.29, 0.717) is 24.3 Å². The van der Waals surface area contributed by atoms with Crippen LogP contribution in [0.3, 0.4) is 0 Å². The highest BCUT2D eigenvalue weighted by atomic mass is 35.5. The van der Waals surface area contributed by atoms with E-state index in [-0.39, 0.29) is 18.4 Å². The first-order valence-electron chi connectivity index (χ1n) is 7.32. The second-order valence-corrected chi connectivity index (χ2v) is 5.75. The predicted molar refractivity (Wildman–Crippen MR) is 78.4 cm³/mol. The summed E-state index contributed by atoms with van der Waals surface area (Å²) in [5, 5.41) is 0. The highest BCUT2D eigenvalue weighted by Gasteiger charge is 2.25. The number of ether oxygens (including phenoxy) is 1. The molecule has 5 heteroatoms. The predicted octanol–water partition coefficient (Wildman–Crippen LogP) is 1.95. The summed E-state index contributed by atoms with van der Waals surface area (Å²) in [5.41, 5.74) is 5.91. The van der Waals surface area contributed by atoms with Gasteiger partial charge in [0.15, 0.2) is 0 Å². The molecule has 4 nitrogen and oxygen atoms in total. The van der Waals surface area contributed by atoms with Gasteiger partial charge in [-0.1, -0.05) is 0 Å². The first-order chi connectivity index (χ1) is 8.66. The molecular formula is C14H27ClN2O2. The Kier molecular flexibility index (Phi) is 7.11. The normalized spacial score (nSPS) is 26.0. The Balaban J connectivity index is 0.00000180. The maximum Gasteiger partial charge on any atom is 0.222 e. The van der Waals surface area contributed by atoms with Crippen LogP contribution in [0.5, 0.6) is 0 Å². The Hall–Kier alpha value is -0.320. The fraction of sp³-hybridized carbons (Fsp3) is 0.929. The minimum Gasteiger partial charge on any atom is -0.378 e. The molecule has 2 atom stereocenters. The molecular weight excluding hydrogens is 264 g/mol. The Bertz CT molecular complexity index is 273. The van der Waals surface area contributed by atoms with Crippen molar-refractivity contribution in [3.05, 3.63) is 0 Å². The molecule has 0 aromatic rings. The van der Waals surface area contributed by atoms with Crippen molar-refractivity contribution in [2.75, 3.05) is 19.7 Å². The molecule has 0 saturated carbocycles. The van der Waals surface area contributed by atoms with Crippen LogP contribution in [-0.2, 0) is 9.53 Å². The fourth-order valence-corrected chi connectivity index (χ4v) is 2.99. The molecule has 0 radical (unpaired) electrons. The van der Waals surface area contributed by atoms with E-state index in [4.69, 9.17) is 10.5 Å². The zero-order chi connectivity index (χ0) is 13.0. The van der Waals surface area contributed by atoms with Crippen molar-refractivity contribution in [3.8, 4) is 0 Å². The van der Waals surface area contributed by atoms with Crippen LogP contribution in [-0.4, -0.2) is 42.6 Å². The van der Waals surface area contributed by atoms with Gasteiger partial charge in [-0.05, 0) is 44.9 Å². The molecule has 0 aromatic heterocycles. The van der Waals surface area contributed by atoms with Crippen molar-refractivity contribution >= 4 is 18.3 Å². The number of hydrogen-bond donors (Lipinski definition) is 1. The molecule has 2 fully saturated rings. The summed E-state index contributed by atoms with van der Waals surface area (Å²) in [6, 6.07) is 0.258. The molecule has 2 aliphatic heterocycles. The number of halogens is 1. The minimum absolute atomic E-state index is 0. The van der Waals surface area contributed by atoms with E-state index in [2.05, 4.69) is 6.92 Å². The van der Waals surface area contributed by atoms with Gasteiger partial charge < -0.3 is 15.4 Å². The summed E-state index contributed by atoms with van der Waals surface area (Å²) in [6.07, 6.45) is 6.26. The van der Waals surface area contributed by atoms with E-state index in [0.717, 1.165) is 51.8 Å². The van der Waals surface area contributed by atoms with Crippen LogP contribution in [0.15, 0.2) is 0 Å². The summed E-state index contributed by atoms with van der Waals surface area (Å²) >= 11 is 0. The quantitative estimate of drug-likeness (QED) is 0.861. The van der Waals surface area contributed by atoms with Crippen molar-refractivity contribution in [3.63, 3.8) is 0 Å². The molecule has 0 aromatic carbocycles.